The topological polar surface area (TPSA) is 81.5 Å². The summed E-state index contributed by atoms with van der Waals surface area (Å²) >= 11 is 1.74. The molecule has 0 radical (unpaired) electrons. The second kappa shape index (κ2) is 6.72. The second-order valence-corrected chi connectivity index (χ2v) is 8.04. The average Bonchev–Trinajstić information content (AvgIpc) is 3.32. The Balaban J connectivity index is 1.49. The van der Waals surface area contributed by atoms with Crippen LogP contribution in [0.25, 0.3) is 32.4 Å². The normalized spacial score (nSPS) is 15.4. The third-order valence-corrected chi connectivity index (χ3v) is 6.13. The van der Waals surface area contributed by atoms with Crippen molar-refractivity contribution in [1.29, 1.82) is 5.26 Å². The van der Waals surface area contributed by atoms with Crippen molar-refractivity contribution in [2.45, 2.75) is 25.8 Å². The molecule has 0 unspecified atom stereocenters. The van der Waals surface area contributed by atoms with E-state index in [0.717, 1.165) is 43.9 Å². The van der Waals surface area contributed by atoms with Crippen LogP contribution in [0.1, 0.15) is 30.0 Å². The van der Waals surface area contributed by atoms with Gasteiger partial charge in [0.05, 0.1) is 23.1 Å². The predicted molar refractivity (Wildman–Crippen MR) is 106 cm³/mol. The fourth-order valence-electron chi connectivity index (χ4n) is 3.70. The Morgan fingerprint density at radius 2 is 1.93 bits per heavy atom. The first-order valence-corrected chi connectivity index (χ1v) is 9.97. The number of nitrogens with one attached hydrogen (secondary N) is 1. The Bertz CT molecular complexity index is 1160. The van der Waals surface area contributed by atoms with Gasteiger partial charge in [0, 0.05) is 28.7 Å². The summed E-state index contributed by atoms with van der Waals surface area (Å²) in [6.07, 6.45) is 9.45. The minimum Gasteiger partial charge on any atom is -0.338 e. The molecule has 27 heavy (non-hydrogen) atoms. The van der Waals surface area contributed by atoms with Crippen molar-refractivity contribution in [3.63, 3.8) is 0 Å². The van der Waals surface area contributed by atoms with E-state index in [-0.39, 0.29) is 0 Å². The summed E-state index contributed by atoms with van der Waals surface area (Å²) in [5.74, 6) is 0. The average molecular weight is 374 g/mol. The first-order chi connectivity index (χ1) is 13.3. The molecule has 1 fully saturated rings. The molecule has 5 rings (SSSR count). The molecular weight excluding hydrogens is 356 g/mol. The highest BCUT2D eigenvalue weighted by Crippen LogP contribution is 2.31. The van der Waals surface area contributed by atoms with Crippen LogP contribution in [0.5, 0.6) is 0 Å². The zero-order valence-electron chi connectivity index (χ0n) is 14.8. The number of aromatic amines is 1. The molecule has 0 bridgehead atoms. The van der Waals surface area contributed by atoms with Crippen molar-refractivity contribution in [3.05, 3.63) is 41.4 Å². The fourth-order valence-corrected chi connectivity index (χ4v) is 4.64. The molecule has 0 aromatic carbocycles. The fraction of sp³-hybridized carbons (Fsp3) is 0.300. The molecule has 0 aliphatic carbocycles. The second-order valence-electron chi connectivity index (χ2n) is 6.93. The Labute approximate surface area is 160 Å². The van der Waals surface area contributed by atoms with Gasteiger partial charge in [-0.1, -0.05) is 6.42 Å². The molecule has 7 heteroatoms. The molecule has 4 aromatic rings. The van der Waals surface area contributed by atoms with Crippen LogP contribution in [0.2, 0.25) is 0 Å². The molecule has 134 valence electrons. The smallest absolute Gasteiger partial charge is 0.141 e. The number of piperidine rings is 1. The molecule has 6 nitrogen and oxygen atoms in total. The molecular formula is C20H18N6S. The van der Waals surface area contributed by atoms with Crippen molar-refractivity contribution in [2.75, 3.05) is 13.1 Å². The molecule has 1 saturated heterocycles. The Morgan fingerprint density at radius 3 is 2.78 bits per heavy atom. The third kappa shape index (κ3) is 3.07. The Hall–Kier alpha value is -2.82. The van der Waals surface area contributed by atoms with Gasteiger partial charge in [-0.2, -0.15) is 5.26 Å². The van der Waals surface area contributed by atoms with Crippen molar-refractivity contribution in [2.24, 2.45) is 0 Å². The Morgan fingerprint density at radius 1 is 1.04 bits per heavy atom. The molecule has 0 amide bonds. The van der Waals surface area contributed by atoms with Gasteiger partial charge >= 0.3 is 0 Å². The van der Waals surface area contributed by atoms with E-state index in [0.29, 0.717) is 5.69 Å². The number of pyridine rings is 2. The number of likely N-dealkylation sites (tertiary alicyclic amines) is 1. The number of H-pyrrole nitrogens is 1. The minimum absolute atomic E-state index is 0.412. The standard InChI is InChI=1S/C20H18N6S/c21-8-14-7-15-16-6-13(9-24-20(16)25-17(15)10-22-14)18-11-23-19(27-18)12-26-4-2-1-3-5-26/h6-7,9-11H,1-5,12H2,(H,24,25). The minimum atomic E-state index is 0.412. The molecule has 0 saturated carbocycles. The molecule has 1 N–H and O–H groups in total. The van der Waals surface area contributed by atoms with E-state index in [1.54, 1.807) is 17.5 Å². The maximum absolute atomic E-state index is 9.13. The summed E-state index contributed by atoms with van der Waals surface area (Å²) in [7, 11) is 0. The summed E-state index contributed by atoms with van der Waals surface area (Å²) in [4.78, 5) is 20.2. The molecule has 0 spiro atoms. The lowest BCUT2D eigenvalue weighted by atomic mass is 10.1. The third-order valence-electron chi connectivity index (χ3n) is 5.10. The van der Waals surface area contributed by atoms with Crippen molar-refractivity contribution >= 4 is 33.3 Å². The van der Waals surface area contributed by atoms with Gasteiger partial charge in [-0.05, 0) is 38.1 Å². The van der Waals surface area contributed by atoms with E-state index in [9.17, 15) is 0 Å². The van der Waals surface area contributed by atoms with Crippen LogP contribution in [0.3, 0.4) is 0 Å². The monoisotopic (exact) mass is 374 g/mol. The number of hydrogen-bond acceptors (Lipinski definition) is 6. The molecule has 1 aliphatic rings. The number of hydrogen-bond donors (Lipinski definition) is 1. The first-order valence-electron chi connectivity index (χ1n) is 9.15. The van der Waals surface area contributed by atoms with E-state index in [4.69, 9.17) is 5.26 Å². The Kier molecular flexibility index (Phi) is 4.07. The van der Waals surface area contributed by atoms with Crippen molar-refractivity contribution in [3.8, 4) is 16.5 Å². The van der Waals surface area contributed by atoms with E-state index in [1.165, 1.54) is 32.4 Å². The van der Waals surface area contributed by atoms with Gasteiger partial charge in [0.15, 0.2) is 0 Å². The van der Waals surface area contributed by atoms with Gasteiger partial charge in [-0.25, -0.2) is 15.0 Å². The van der Waals surface area contributed by atoms with Crippen LogP contribution < -0.4 is 0 Å². The van der Waals surface area contributed by atoms with Gasteiger partial charge in [-0.3, -0.25) is 4.90 Å². The molecule has 5 heterocycles. The summed E-state index contributed by atoms with van der Waals surface area (Å²) < 4.78 is 0. The van der Waals surface area contributed by atoms with E-state index >= 15 is 0 Å². The summed E-state index contributed by atoms with van der Waals surface area (Å²) in [5, 5.41) is 12.3. The van der Waals surface area contributed by atoms with Crippen LogP contribution in [0.4, 0.5) is 0 Å². The zero-order chi connectivity index (χ0) is 18.2. The summed E-state index contributed by atoms with van der Waals surface area (Å²) in [6.45, 7) is 3.28. The summed E-state index contributed by atoms with van der Waals surface area (Å²) in [5.41, 5.74) is 3.17. The van der Waals surface area contributed by atoms with Gasteiger partial charge in [0.1, 0.15) is 22.4 Å². The predicted octanol–water partition coefficient (Wildman–Crippen LogP) is 4.09. The SMILES string of the molecule is N#Cc1cc2c(cn1)[nH]c1ncc(-c3cnc(CN4CCCCC4)s3)cc12. The lowest BCUT2D eigenvalue weighted by Gasteiger charge is -2.25. The highest BCUT2D eigenvalue weighted by atomic mass is 32.1. The maximum Gasteiger partial charge on any atom is 0.141 e. The van der Waals surface area contributed by atoms with Crippen molar-refractivity contribution in [1.82, 2.24) is 24.8 Å². The number of aromatic nitrogens is 4. The first kappa shape index (κ1) is 16.4. The quantitative estimate of drug-likeness (QED) is 0.584. The molecule has 4 aromatic heterocycles. The van der Waals surface area contributed by atoms with Crippen LogP contribution in [-0.4, -0.2) is 37.9 Å². The maximum atomic E-state index is 9.13. The largest absolute Gasteiger partial charge is 0.338 e. The van der Waals surface area contributed by atoms with E-state index < -0.39 is 0 Å². The number of nitrogens with zero attached hydrogens (tertiary/aromatic N) is 5. The number of fused-ring (bicyclic) bond motifs is 3. The summed E-state index contributed by atoms with van der Waals surface area (Å²) in [6, 6.07) is 6.04. The highest BCUT2D eigenvalue weighted by Gasteiger charge is 2.14. The lowest BCUT2D eigenvalue weighted by molar-refractivity contribution is 0.220. The number of rotatable bonds is 3. The van der Waals surface area contributed by atoms with Crippen LogP contribution in [0.15, 0.2) is 30.7 Å². The zero-order valence-corrected chi connectivity index (χ0v) is 15.6. The van der Waals surface area contributed by atoms with E-state index in [2.05, 4.69) is 37.0 Å². The van der Waals surface area contributed by atoms with Gasteiger partial charge in [0.2, 0.25) is 0 Å². The van der Waals surface area contributed by atoms with E-state index in [1.807, 2.05) is 18.5 Å². The number of nitriles is 1. The van der Waals surface area contributed by atoms with Crippen LogP contribution in [0, 0.1) is 11.3 Å². The van der Waals surface area contributed by atoms with Crippen LogP contribution in [-0.2, 0) is 6.54 Å². The van der Waals surface area contributed by atoms with Crippen LogP contribution >= 0.6 is 11.3 Å². The lowest BCUT2D eigenvalue weighted by Crippen LogP contribution is -2.28. The number of thiazole rings is 1. The molecule has 0 atom stereocenters. The van der Waals surface area contributed by atoms with Gasteiger partial charge in [0.25, 0.3) is 0 Å². The highest BCUT2D eigenvalue weighted by molar-refractivity contribution is 7.15. The van der Waals surface area contributed by atoms with Gasteiger partial charge < -0.3 is 4.98 Å². The van der Waals surface area contributed by atoms with Crippen molar-refractivity contribution < 1.29 is 0 Å². The van der Waals surface area contributed by atoms with Gasteiger partial charge in [-0.15, -0.1) is 11.3 Å². The molecule has 1 aliphatic heterocycles.